The van der Waals surface area contributed by atoms with Crippen LogP contribution in [-0.4, -0.2) is 11.8 Å². The van der Waals surface area contributed by atoms with Crippen LogP contribution in [0.15, 0.2) is 96.4 Å². The molecule has 0 bridgehead atoms. The number of amides is 2. The number of rotatable bonds is 8. The Morgan fingerprint density at radius 1 is 0.941 bits per heavy atom. The molecule has 4 rings (SSSR count). The van der Waals surface area contributed by atoms with Gasteiger partial charge >= 0.3 is 0 Å². The highest BCUT2D eigenvalue weighted by molar-refractivity contribution is 7.10. The van der Waals surface area contributed by atoms with Gasteiger partial charge in [-0.15, -0.1) is 11.3 Å². The lowest BCUT2D eigenvalue weighted by Crippen LogP contribution is -2.44. The maximum atomic E-state index is 14.6. The lowest BCUT2D eigenvalue weighted by atomic mass is 10.0. The van der Waals surface area contributed by atoms with Gasteiger partial charge in [0.05, 0.1) is 6.42 Å². The van der Waals surface area contributed by atoms with E-state index in [2.05, 4.69) is 5.32 Å². The number of hydrogen-bond acceptors (Lipinski definition) is 3. The standard InChI is InChI=1S/C28H25FN2O2S/c1-20-14-15-23(17-25(20)29)31(26(32)18-24-13-8-16-34-24)27(22-11-6-3-7-12-22)28(33)30-19-21-9-4-2-5-10-21/h2-17,27H,18-19H2,1H3,(H,30,33)/t27-/m0/s1. The van der Waals surface area contributed by atoms with Crippen molar-refractivity contribution >= 4 is 28.8 Å². The molecular weight excluding hydrogens is 447 g/mol. The number of nitrogens with zero attached hydrogens (tertiary/aromatic N) is 1. The topological polar surface area (TPSA) is 49.4 Å². The van der Waals surface area contributed by atoms with E-state index >= 15 is 0 Å². The number of carbonyl (C=O) groups excluding carboxylic acids is 2. The van der Waals surface area contributed by atoms with Crippen LogP contribution >= 0.6 is 11.3 Å². The Bertz CT molecular complexity index is 1240. The Hall–Kier alpha value is -3.77. The van der Waals surface area contributed by atoms with Gasteiger partial charge in [0.1, 0.15) is 11.9 Å². The maximum absolute atomic E-state index is 14.6. The van der Waals surface area contributed by atoms with Crippen LogP contribution in [0.4, 0.5) is 10.1 Å². The zero-order valence-corrected chi connectivity index (χ0v) is 19.6. The first-order valence-electron chi connectivity index (χ1n) is 11.0. The summed E-state index contributed by atoms with van der Waals surface area (Å²) >= 11 is 1.47. The van der Waals surface area contributed by atoms with Gasteiger partial charge in [-0.3, -0.25) is 14.5 Å². The van der Waals surface area contributed by atoms with Crippen LogP contribution in [0.2, 0.25) is 0 Å². The van der Waals surface area contributed by atoms with E-state index < -0.39 is 11.9 Å². The normalized spacial score (nSPS) is 11.6. The summed E-state index contributed by atoms with van der Waals surface area (Å²) in [6.07, 6.45) is 0.114. The average molecular weight is 473 g/mol. The van der Waals surface area contributed by atoms with E-state index in [0.29, 0.717) is 23.4 Å². The SMILES string of the molecule is Cc1ccc(N(C(=O)Cc2cccs2)[C@H](C(=O)NCc2ccccc2)c2ccccc2)cc1F. The molecule has 1 heterocycles. The zero-order chi connectivity index (χ0) is 23.9. The molecule has 2 amide bonds. The minimum atomic E-state index is -0.959. The lowest BCUT2D eigenvalue weighted by molar-refractivity contribution is -0.126. The molecule has 0 aliphatic heterocycles. The molecule has 1 N–H and O–H groups in total. The number of aryl methyl sites for hydroxylation is 1. The highest BCUT2D eigenvalue weighted by Crippen LogP contribution is 2.30. The molecule has 0 saturated carbocycles. The van der Waals surface area contributed by atoms with Gasteiger partial charge in [-0.25, -0.2) is 4.39 Å². The van der Waals surface area contributed by atoms with E-state index in [9.17, 15) is 14.0 Å². The average Bonchev–Trinajstić information content (AvgIpc) is 3.37. The van der Waals surface area contributed by atoms with E-state index in [1.54, 1.807) is 19.1 Å². The molecule has 0 fully saturated rings. The van der Waals surface area contributed by atoms with Crippen molar-refractivity contribution in [3.8, 4) is 0 Å². The third-order valence-electron chi connectivity index (χ3n) is 5.54. The minimum Gasteiger partial charge on any atom is -0.350 e. The summed E-state index contributed by atoms with van der Waals surface area (Å²) in [5.74, 6) is -1.05. The van der Waals surface area contributed by atoms with Gasteiger partial charge in [0.15, 0.2) is 0 Å². The van der Waals surface area contributed by atoms with Crippen molar-refractivity contribution in [1.82, 2.24) is 5.32 Å². The van der Waals surface area contributed by atoms with Gasteiger partial charge in [0.2, 0.25) is 11.8 Å². The largest absolute Gasteiger partial charge is 0.350 e. The predicted molar refractivity (Wildman–Crippen MR) is 134 cm³/mol. The third kappa shape index (κ3) is 5.58. The first-order chi connectivity index (χ1) is 16.5. The summed E-state index contributed by atoms with van der Waals surface area (Å²) in [5, 5.41) is 4.87. The van der Waals surface area contributed by atoms with Crippen LogP contribution < -0.4 is 10.2 Å². The molecule has 1 aromatic heterocycles. The molecule has 0 saturated heterocycles. The molecular formula is C28H25FN2O2S. The number of halogens is 1. The van der Waals surface area contributed by atoms with Crippen molar-refractivity contribution in [3.63, 3.8) is 0 Å². The van der Waals surface area contributed by atoms with Crippen LogP contribution in [0, 0.1) is 12.7 Å². The number of hydrogen-bond donors (Lipinski definition) is 1. The van der Waals surface area contributed by atoms with Crippen LogP contribution in [0.3, 0.4) is 0 Å². The van der Waals surface area contributed by atoms with Gasteiger partial charge in [-0.1, -0.05) is 72.8 Å². The molecule has 4 nitrogen and oxygen atoms in total. The molecule has 4 aromatic rings. The summed E-state index contributed by atoms with van der Waals surface area (Å²) in [6.45, 7) is 1.98. The van der Waals surface area contributed by atoms with Gasteiger partial charge in [-0.05, 0) is 47.2 Å². The number of carbonyl (C=O) groups is 2. The number of anilines is 1. The predicted octanol–water partition coefficient (Wildman–Crippen LogP) is 5.83. The van der Waals surface area contributed by atoms with E-state index in [1.165, 1.54) is 22.3 Å². The molecule has 0 unspecified atom stereocenters. The third-order valence-corrected chi connectivity index (χ3v) is 6.42. The summed E-state index contributed by atoms with van der Waals surface area (Å²) in [5.41, 5.74) is 2.40. The van der Waals surface area contributed by atoms with Crippen LogP contribution in [0.1, 0.15) is 27.6 Å². The number of thiophene rings is 1. The molecule has 1 atom stereocenters. The number of nitrogens with one attached hydrogen (secondary N) is 1. The second kappa shape index (κ2) is 10.9. The molecule has 3 aromatic carbocycles. The summed E-state index contributed by atoms with van der Waals surface area (Å²) < 4.78 is 14.6. The van der Waals surface area contributed by atoms with Crippen molar-refractivity contribution in [2.45, 2.75) is 25.9 Å². The number of benzene rings is 3. The quantitative estimate of drug-likeness (QED) is 0.351. The second-order valence-electron chi connectivity index (χ2n) is 7.97. The fourth-order valence-electron chi connectivity index (χ4n) is 3.75. The highest BCUT2D eigenvalue weighted by atomic mass is 32.1. The van der Waals surface area contributed by atoms with Crippen LogP contribution in [0.5, 0.6) is 0 Å². The van der Waals surface area contributed by atoms with Crippen LogP contribution in [-0.2, 0) is 22.6 Å². The van der Waals surface area contributed by atoms with E-state index in [-0.39, 0.29) is 18.2 Å². The van der Waals surface area contributed by atoms with Crippen molar-refractivity contribution in [3.05, 3.63) is 124 Å². The summed E-state index contributed by atoms with van der Waals surface area (Å²) in [6, 6.07) is 26.1. The van der Waals surface area contributed by atoms with Crippen molar-refractivity contribution in [1.29, 1.82) is 0 Å². The van der Waals surface area contributed by atoms with E-state index in [0.717, 1.165) is 10.4 Å². The molecule has 172 valence electrons. The van der Waals surface area contributed by atoms with E-state index in [4.69, 9.17) is 0 Å². The first-order valence-corrected chi connectivity index (χ1v) is 11.9. The fourth-order valence-corrected chi connectivity index (χ4v) is 4.45. The molecule has 6 heteroatoms. The first kappa shape index (κ1) is 23.4. The van der Waals surface area contributed by atoms with Gasteiger partial charge in [0.25, 0.3) is 0 Å². The molecule has 0 radical (unpaired) electrons. The zero-order valence-electron chi connectivity index (χ0n) is 18.8. The van der Waals surface area contributed by atoms with E-state index in [1.807, 2.05) is 78.2 Å². The monoisotopic (exact) mass is 472 g/mol. The highest BCUT2D eigenvalue weighted by Gasteiger charge is 2.33. The Morgan fingerprint density at radius 2 is 1.65 bits per heavy atom. The van der Waals surface area contributed by atoms with Crippen molar-refractivity contribution in [2.75, 3.05) is 4.90 Å². The van der Waals surface area contributed by atoms with Crippen LogP contribution in [0.25, 0.3) is 0 Å². The molecule has 0 spiro atoms. The second-order valence-corrected chi connectivity index (χ2v) is 9.00. The smallest absolute Gasteiger partial charge is 0.248 e. The van der Waals surface area contributed by atoms with Gasteiger partial charge < -0.3 is 5.32 Å². The van der Waals surface area contributed by atoms with Gasteiger partial charge in [-0.2, -0.15) is 0 Å². The lowest BCUT2D eigenvalue weighted by Gasteiger charge is -2.32. The minimum absolute atomic E-state index is 0.114. The summed E-state index contributed by atoms with van der Waals surface area (Å²) in [7, 11) is 0. The molecule has 0 aliphatic carbocycles. The molecule has 0 aliphatic rings. The van der Waals surface area contributed by atoms with Crippen molar-refractivity contribution in [2.24, 2.45) is 0 Å². The Kier molecular flexibility index (Phi) is 7.50. The Balaban J connectivity index is 1.74. The Labute approximate surface area is 202 Å². The summed E-state index contributed by atoms with van der Waals surface area (Å²) in [4.78, 5) is 29.5. The maximum Gasteiger partial charge on any atom is 0.248 e. The van der Waals surface area contributed by atoms with Crippen molar-refractivity contribution < 1.29 is 14.0 Å². The Morgan fingerprint density at radius 3 is 2.29 bits per heavy atom. The fraction of sp³-hybridized carbons (Fsp3) is 0.143. The molecule has 34 heavy (non-hydrogen) atoms. The van der Waals surface area contributed by atoms with Gasteiger partial charge in [0, 0.05) is 17.1 Å².